The lowest BCUT2D eigenvalue weighted by Gasteiger charge is -2.18. The molecule has 4 rings (SSSR count). The normalized spacial score (nSPS) is 15.5. The molecule has 0 fully saturated rings. The average molecular weight is 454 g/mol. The Morgan fingerprint density at radius 2 is 1.75 bits per heavy atom. The van der Waals surface area contributed by atoms with E-state index >= 15 is 0 Å². The maximum absolute atomic E-state index is 13.0. The van der Waals surface area contributed by atoms with Crippen LogP contribution in [0.25, 0.3) is 0 Å². The minimum atomic E-state index is -0.600. The van der Waals surface area contributed by atoms with Crippen LogP contribution >= 0.6 is 11.8 Å². The highest BCUT2D eigenvalue weighted by atomic mass is 32.2. The molecule has 0 saturated carbocycles. The van der Waals surface area contributed by atoms with Crippen molar-refractivity contribution in [2.45, 2.75) is 16.6 Å². The predicted octanol–water partition coefficient (Wildman–Crippen LogP) is 3.16. The van der Waals surface area contributed by atoms with Gasteiger partial charge in [0.05, 0.1) is 25.6 Å². The van der Waals surface area contributed by atoms with Gasteiger partial charge in [-0.3, -0.25) is 18.9 Å². The van der Waals surface area contributed by atoms with E-state index in [-0.39, 0.29) is 10.8 Å². The van der Waals surface area contributed by atoms with E-state index in [9.17, 15) is 14.7 Å². The predicted molar refractivity (Wildman–Crippen MR) is 124 cm³/mol. The highest BCUT2D eigenvalue weighted by Gasteiger charge is 2.28. The first kappa shape index (κ1) is 21.8. The number of rotatable bonds is 4. The smallest absolute Gasteiger partial charge is 0.333 e. The van der Waals surface area contributed by atoms with Gasteiger partial charge in [-0.1, -0.05) is 18.2 Å². The van der Waals surface area contributed by atoms with Crippen LogP contribution in [0.4, 0.5) is 5.69 Å². The van der Waals surface area contributed by atoms with Gasteiger partial charge in [0.15, 0.2) is 11.5 Å². The largest absolute Gasteiger partial charge is 0.494 e. The second kappa shape index (κ2) is 8.58. The number of aromatic hydroxyl groups is 1. The van der Waals surface area contributed by atoms with Gasteiger partial charge < -0.3 is 14.6 Å². The van der Waals surface area contributed by atoms with Crippen molar-refractivity contribution in [3.05, 3.63) is 74.4 Å². The molecule has 0 aliphatic carbocycles. The number of para-hydroxylation sites is 1. The molecule has 1 aromatic heterocycles. The number of hydrogen-bond donors (Lipinski definition) is 1. The van der Waals surface area contributed by atoms with Gasteiger partial charge in [0.2, 0.25) is 5.88 Å². The second-order valence-electron chi connectivity index (χ2n) is 7.36. The summed E-state index contributed by atoms with van der Waals surface area (Å²) in [6, 6.07) is 13.3. The number of fused-ring (bicyclic) bond motifs is 1. The fourth-order valence-electron chi connectivity index (χ4n) is 3.69. The molecule has 3 aromatic rings. The van der Waals surface area contributed by atoms with Gasteiger partial charge >= 0.3 is 5.69 Å². The zero-order valence-corrected chi connectivity index (χ0v) is 19.0. The Labute approximate surface area is 188 Å². The van der Waals surface area contributed by atoms with Crippen LogP contribution in [0.1, 0.15) is 22.8 Å². The molecule has 2 aromatic carbocycles. The molecule has 1 aliphatic heterocycles. The molecule has 0 amide bonds. The molecule has 0 radical (unpaired) electrons. The number of nitrogens with zero attached hydrogens (tertiary/aromatic N) is 3. The molecule has 9 heteroatoms. The first-order chi connectivity index (χ1) is 15.3. The molecule has 32 heavy (non-hydrogen) atoms. The summed E-state index contributed by atoms with van der Waals surface area (Å²) < 4.78 is 12.9. The highest BCUT2D eigenvalue weighted by molar-refractivity contribution is 7.99. The third kappa shape index (κ3) is 3.69. The minimum Gasteiger partial charge on any atom is -0.494 e. The number of ether oxygens (including phenoxy) is 2. The Kier molecular flexibility index (Phi) is 5.84. The lowest BCUT2D eigenvalue weighted by atomic mass is 10.0. The SMILES string of the molecule is COc1ccc(C2CC(c3c(O)n(C)c(=O)n(C)c3=O)=Nc3ccccc3S2)cc1OC. The van der Waals surface area contributed by atoms with Crippen molar-refractivity contribution in [2.24, 2.45) is 19.1 Å². The molecule has 1 unspecified atom stereocenters. The zero-order valence-electron chi connectivity index (χ0n) is 18.2. The summed E-state index contributed by atoms with van der Waals surface area (Å²) in [5.41, 5.74) is 0.911. The number of aliphatic imine (C=N–C) groups is 1. The van der Waals surface area contributed by atoms with Crippen LogP contribution in [-0.2, 0) is 14.1 Å². The van der Waals surface area contributed by atoms with Crippen LogP contribution < -0.4 is 20.7 Å². The number of aromatic nitrogens is 2. The van der Waals surface area contributed by atoms with E-state index in [1.807, 2.05) is 42.5 Å². The van der Waals surface area contributed by atoms with Crippen molar-refractivity contribution in [3.8, 4) is 17.4 Å². The molecule has 1 aliphatic rings. The van der Waals surface area contributed by atoms with E-state index in [1.54, 1.807) is 26.0 Å². The van der Waals surface area contributed by atoms with Crippen LogP contribution in [0.15, 0.2) is 61.9 Å². The van der Waals surface area contributed by atoms with Crippen LogP contribution in [0.5, 0.6) is 17.4 Å². The summed E-state index contributed by atoms with van der Waals surface area (Å²) in [5.74, 6) is 0.823. The van der Waals surface area contributed by atoms with E-state index < -0.39 is 17.1 Å². The van der Waals surface area contributed by atoms with Crippen molar-refractivity contribution in [2.75, 3.05) is 14.2 Å². The van der Waals surface area contributed by atoms with Crippen LogP contribution in [0, 0.1) is 0 Å². The van der Waals surface area contributed by atoms with Gasteiger partial charge in [-0.15, -0.1) is 11.8 Å². The van der Waals surface area contributed by atoms with E-state index in [1.165, 1.54) is 14.1 Å². The number of thioether (sulfide) groups is 1. The summed E-state index contributed by atoms with van der Waals surface area (Å²) >= 11 is 1.62. The Hall–Kier alpha value is -3.46. The second-order valence-corrected chi connectivity index (χ2v) is 8.60. The monoisotopic (exact) mass is 453 g/mol. The van der Waals surface area contributed by atoms with Crippen molar-refractivity contribution < 1.29 is 14.6 Å². The zero-order chi connectivity index (χ0) is 23.0. The van der Waals surface area contributed by atoms with Crippen molar-refractivity contribution >= 4 is 23.2 Å². The Bertz CT molecular complexity index is 1340. The first-order valence-corrected chi connectivity index (χ1v) is 10.8. The lowest BCUT2D eigenvalue weighted by Crippen LogP contribution is -2.40. The quantitative estimate of drug-likeness (QED) is 0.652. The maximum atomic E-state index is 13.0. The van der Waals surface area contributed by atoms with Gasteiger partial charge in [0.1, 0.15) is 5.56 Å². The van der Waals surface area contributed by atoms with Gasteiger partial charge in [-0.2, -0.15) is 0 Å². The minimum absolute atomic E-state index is 0.0254. The van der Waals surface area contributed by atoms with Gasteiger partial charge in [-0.05, 0) is 29.8 Å². The number of benzene rings is 2. The topological polar surface area (TPSA) is 95.1 Å². The Morgan fingerprint density at radius 1 is 1.03 bits per heavy atom. The van der Waals surface area contributed by atoms with Crippen molar-refractivity contribution in [1.82, 2.24) is 9.13 Å². The van der Waals surface area contributed by atoms with E-state index in [0.717, 1.165) is 19.6 Å². The Morgan fingerprint density at radius 3 is 2.47 bits per heavy atom. The Balaban J connectivity index is 1.91. The fraction of sp³-hybridized carbons (Fsp3) is 0.261. The lowest BCUT2D eigenvalue weighted by molar-refractivity contribution is 0.354. The molecular weight excluding hydrogens is 430 g/mol. The molecular formula is C23H23N3O5S. The molecule has 0 bridgehead atoms. The van der Waals surface area contributed by atoms with Crippen molar-refractivity contribution in [3.63, 3.8) is 0 Å². The summed E-state index contributed by atoms with van der Waals surface area (Å²) in [4.78, 5) is 30.9. The molecule has 166 valence electrons. The van der Waals surface area contributed by atoms with Crippen molar-refractivity contribution in [1.29, 1.82) is 0 Å². The molecule has 1 atom stereocenters. The van der Waals surface area contributed by atoms with E-state index in [4.69, 9.17) is 14.5 Å². The molecule has 8 nitrogen and oxygen atoms in total. The fourth-order valence-corrected chi connectivity index (χ4v) is 4.92. The maximum Gasteiger partial charge on any atom is 0.333 e. The van der Waals surface area contributed by atoms with Gasteiger partial charge in [0.25, 0.3) is 5.56 Å². The van der Waals surface area contributed by atoms with Gasteiger partial charge in [0, 0.05) is 30.7 Å². The molecule has 0 spiro atoms. The third-order valence-corrected chi connectivity index (χ3v) is 6.79. The van der Waals surface area contributed by atoms with Crippen LogP contribution in [0.2, 0.25) is 0 Å². The average Bonchev–Trinajstić information content (AvgIpc) is 3.00. The number of hydrogen-bond acceptors (Lipinski definition) is 7. The molecule has 2 heterocycles. The van der Waals surface area contributed by atoms with E-state index in [2.05, 4.69) is 0 Å². The summed E-state index contributed by atoms with van der Waals surface area (Å²) in [6.07, 6.45) is 0.357. The molecule has 1 N–H and O–H groups in total. The highest BCUT2D eigenvalue weighted by Crippen LogP contribution is 2.47. The van der Waals surface area contributed by atoms with E-state index in [0.29, 0.717) is 29.3 Å². The third-order valence-electron chi connectivity index (χ3n) is 5.47. The standard InChI is InChI=1S/C23H23N3O5S/c1-25-21(27)20(22(28)26(2)23(25)29)15-12-19(32-18-8-6-5-7-14(18)24-15)13-9-10-16(30-3)17(11-13)31-4/h5-11,19,27H,12H2,1-4H3. The summed E-state index contributed by atoms with van der Waals surface area (Å²) in [6.45, 7) is 0. The first-order valence-electron chi connectivity index (χ1n) is 9.90. The number of methoxy groups -OCH3 is 2. The summed E-state index contributed by atoms with van der Waals surface area (Å²) in [5, 5.41) is 10.6. The van der Waals surface area contributed by atoms with Gasteiger partial charge in [-0.25, -0.2) is 4.79 Å². The van der Waals surface area contributed by atoms with Crippen LogP contribution in [0.3, 0.4) is 0 Å². The summed E-state index contributed by atoms with van der Waals surface area (Å²) in [7, 11) is 5.97. The molecule has 0 saturated heterocycles. The van der Waals surface area contributed by atoms with Crippen LogP contribution in [-0.4, -0.2) is 34.2 Å².